The maximum atomic E-state index is 13.4. The second-order valence-electron chi connectivity index (χ2n) is 7.85. The molecule has 5 nitrogen and oxygen atoms in total. The van der Waals surface area contributed by atoms with Gasteiger partial charge in [0.2, 0.25) is 15.9 Å². The highest BCUT2D eigenvalue weighted by Gasteiger charge is 2.27. The number of hydrogen-bond donors (Lipinski definition) is 1. The number of rotatable bonds is 10. The first-order chi connectivity index (χ1) is 15.7. The fourth-order valence-corrected chi connectivity index (χ4v) is 5.13. The van der Waals surface area contributed by atoms with Crippen molar-refractivity contribution >= 4 is 43.5 Å². The van der Waals surface area contributed by atoms with E-state index in [1.54, 1.807) is 36.4 Å². The average molecular weight is 550 g/mol. The molecule has 174 valence electrons. The number of aryl methyl sites for hydroxylation is 1. The molecular formula is C25H26BrClN2O3S. The van der Waals surface area contributed by atoms with Gasteiger partial charge in [0, 0.05) is 22.1 Å². The van der Waals surface area contributed by atoms with Crippen molar-refractivity contribution in [2.24, 2.45) is 0 Å². The zero-order valence-corrected chi connectivity index (χ0v) is 21.4. The maximum Gasteiger partial charge on any atom is 0.243 e. The van der Waals surface area contributed by atoms with E-state index < -0.39 is 10.0 Å². The maximum absolute atomic E-state index is 13.4. The molecule has 33 heavy (non-hydrogen) atoms. The lowest BCUT2D eigenvalue weighted by Gasteiger charge is -2.23. The molecule has 0 heterocycles. The third-order valence-electron chi connectivity index (χ3n) is 5.16. The Labute approximate surface area is 209 Å². The van der Waals surface area contributed by atoms with Crippen LogP contribution in [-0.2, 0) is 27.8 Å². The summed E-state index contributed by atoms with van der Waals surface area (Å²) in [6.45, 7) is 1.70. The summed E-state index contributed by atoms with van der Waals surface area (Å²) in [6.07, 6.45) is 1.58. The van der Waals surface area contributed by atoms with E-state index in [2.05, 4.69) is 21.2 Å². The summed E-state index contributed by atoms with van der Waals surface area (Å²) in [6, 6.07) is 23.2. The molecule has 0 saturated heterocycles. The first-order valence-electron chi connectivity index (χ1n) is 10.6. The van der Waals surface area contributed by atoms with Gasteiger partial charge in [-0.15, -0.1) is 0 Å². The summed E-state index contributed by atoms with van der Waals surface area (Å²) in [5.41, 5.74) is 1.94. The predicted molar refractivity (Wildman–Crippen MR) is 136 cm³/mol. The van der Waals surface area contributed by atoms with Crippen molar-refractivity contribution in [1.29, 1.82) is 0 Å². The molecule has 3 aromatic rings. The van der Waals surface area contributed by atoms with Gasteiger partial charge in [-0.05, 0) is 67.3 Å². The van der Waals surface area contributed by atoms with Gasteiger partial charge in [-0.2, -0.15) is 4.31 Å². The van der Waals surface area contributed by atoms with Crippen molar-refractivity contribution < 1.29 is 13.2 Å². The van der Waals surface area contributed by atoms with E-state index in [0.717, 1.165) is 22.9 Å². The number of nitrogens with zero attached hydrogens (tertiary/aromatic N) is 1. The summed E-state index contributed by atoms with van der Waals surface area (Å²) in [5, 5.41) is 3.50. The van der Waals surface area contributed by atoms with Crippen molar-refractivity contribution in [1.82, 2.24) is 9.62 Å². The van der Waals surface area contributed by atoms with Gasteiger partial charge in [0.25, 0.3) is 0 Å². The van der Waals surface area contributed by atoms with Crippen LogP contribution >= 0.6 is 27.5 Å². The number of carbonyl (C=O) groups excluding carboxylic acids is 1. The molecule has 3 aromatic carbocycles. The third-order valence-corrected chi connectivity index (χ3v) is 7.75. The lowest BCUT2D eigenvalue weighted by molar-refractivity contribution is -0.122. The molecule has 1 N–H and O–H groups in total. The van der Waals surface area contributed by atoms with E-state index in [-0.39, 0.29) is 29.9 Å². The van der Waals surface area contributed by atoms with Crippen LogP contribution in [0, 0.1) is 0 Å². The summed E-state index contributed by atoms with van der Waals surface area (Å²) < 4.78 is 28.7. The van der Waals surface area contributed by atoms with Crippen LogP contribution < -0.4 is 5.32 Å². The van der Waals surface area contributed by atoms with E-state index in [1.165, 1.54) is 22.0 Å². The van der Waals surface area contributed by atoms with Crippen molar-refractivity contribution in [3.8, 4) is 0 Å². The number of hydrogen-bond acceptors (Lipinski definition) is 3. The largest absolute Gasteiger partial charge is 0.352 e. The van der Waals surface area contributed by atoms with Gasteiger partial charge in [-0.3, -0.25) is 4.79 Å². The molecule has 0 saturated carbocycles. The smallest absolute Gasteiger partial charge is 0.243 e. The Hall–Kier alpha value is -2.19. The molecule has 0 spiro atoms. The highest BCUT2D eigenvalue weighted by Crippen LogP contribution is 2.21. The highest BCUT2D eigenvalue weighted by molar-refractivity contribution is 9.10. The lowest BCUT2D eigenvalue weighted by atomic mass is 10.1. The average Bonchev–Trinajstić information content (AvgIpc) is 2.79. The first kappa shape index (κ1) is 25.4. The van der Waals surface area contributed by atoms with Crippen molar-refractivity contribution in [3.05, 3.63) is 99.5 Å². The molecule has 0 aliphatic rings. The van der Waals surface area contributed by atoms with Crippen LogP contribution in [0.2, 0.25) is 5.02 Å². The van der Waals surface area contributed by atoms with Gasteiger partial charge in [0.05, 0.1) is 11.4 Å². The Morgan fingerprint density at radius 3 is 2.24 bits per heavy atom. The monoisotopic (exact) mass is 548 g/mol. The summed E-state index contributed by atoms with van der Waals surface area (Å²) in [5.74, 6) is -0.342. The van der Waals surface area contributed by atoms with Crippen LogP contribution in [0.1, 0.15) is 24.5 Å². The van der Waals surface area contributed by atoms with Crippen LogP contribution in [0.4, 0.5) is 0 Å². The minimum absolute atomic E-state index is 0.0569. The van der Waals surface area contributed by atoms with Gasteiger partial charge in [0.1, 0.15) is 0 Å². The van der Waals surface area contributed by atoms with E-state index in [9.17, 15) is 13.2 Å². The van der Waals surface area contributed by atoms with E-state index in [4.69, 9.17) is 11.6 Å². The Kier molecular flexibility index (Phi) is 9.09. The quantitative estimate of drug-likeness (QED) is 0.367. The topological polar surface area (TPSA) is 66.5 Å². The Balaban J connectivity index is 1.72. The number of halogens is 2. The molecule has 1 amide bonds. The third kappa shape index (κ3) is 7.67. The second-order valence-corrected chi connectivity index (χ2v) is 11.1. The predicted octanol–water partition coefficient (Wildman–Crippen LogP) is 5.43. The lowest BCUT2D eigenvalue weighted by Crippen LogP contribution is -2.43. The Morgan fingerprint density at radius 2 is 1.61 bits per heavy atom. The summed E-state index contributed by atoms with van der Waals surface area (Å²) in [7, 11) is -3.89. The number of nitrogens with one attached hydrogen (secondary N) is 1. The molecule has 0 bridgehead atoms. The van der Waals surface area contributed by atoms with Gasteiger partial charge in [-0.25, -0.2) is 8.42 Å². The zero-order valence-electron chi connectivity index (χ0n) is 18.2. The minimum atomic E-state index is -3.89. The van der Waals surface area contributed by atoms with Crippen molar-refractivity contribution in [3.63, 3.8) is 0 Å². The summed E-state index contributed by atoms with van der Waals surface area (Å²) >= 11 is 9.29. The SMILES string of the molecule is C[C@H](CCc1ccccc1)NC(=O)CN(Cc1ccc(Cl)cc1)S(=O)(=O)c1ccc(Br)cc1. The number of amides is 1. The molecule has 0 radical (unpaired) electrons. The van der Waals surface area contributed by atoms with Crippen LogP contribution in [0.3, 0.4) is 0 Å². The van der Waals surface area contributed by atoms with E-state index in [0.29, 0.717) is 5.02 Å². The highest BCUT2D eigenvalue weighted by atomic mass is 79.9. The normalized spacial score (nSPS) is 12.5. The van der Waals surface area contributed by atoms with Crippen LogP contribution in [0.25, 0.3) is 0 Å². The molecule has 0 unspecified atom stereocenters. The first-order valence-corrected chi connectivity index (χ1v) is 13.2. The van der Waals surface area contributed by atoms with Crippen LogP contribution in [0.5, 0.6) is 0 Å². The number of carbonyl (C=O) groups is 1. The number of sulfonamides is 1. The standard InChI is InChI=1S/C25H26BrClN2O3S/c1-19(7-8-20-5-3-2-4-6-20)28-25(30)18-29(17-21-9-13-23(27)14-10-21)33(31,32)24-15-11-22(26)12-16-24/h2-6,9-16,19H,7-8,17-18H2,1H3,(H,28,30)/t19-/m1/s1. The molecule has 0 aliphatic heterocycles. The molecular weight excluding hydrogens is 524 g/mol. The fraction of sp³-hybridized carbons (Fsp3) is 0.240. The second kappa shape index (κ2) is 11.8. The number of benzene rings is 3. The van der Waals surface area contributed by atoms with E-state index in [1.807, 2.05) is 37.3 Å². The fourth-order valence-electron chi connectivity index (χ4n) is 3.36. The van der Waals surface area contributed by atoms with Crippen molar-refractivity contribution in [2.75, 3.05) is 6.54 Å². The van der Waals surface area contributed by atoms with Gasteiger partial charge in [-0.1, -0.05) is 70.0 Å². The van der Waals surface area contributed by atoms with E-state index >= 15 is 0 Å². The summed E-state index contributed by atoms with van der Waals surface area (Å²) in [4.78, 5) is 12.9. The molecule has 3 rings (SSSR count). The molecule has 0 fully saturated rings. The zero-order chi connectivity index (χ0) is 23.8. The van der Waals surface area contributed by atoms with Crippen LogP contribution in [0.15, 0.2) is 88.2 Å². The Bertz CT molecular complexity index is 1150. The molecule has 0 aliphatic carbocycles. The molecule has 8 heteroatoms. The van der Waals surface area contributed by atoms with Gasteiger partial charge in [0.15, 0.2) is 0 Å². The van der Waals surface area contributed by atoms with Gasteiger partial charge < -0.3 is 5.32 Å². The van der Waals surface area contributed by atoms with Crippen molar-refractivity contribution in [2.45, 2.75) is 37.2 Å². The molecule has 0 aromatic heterocycles. The van der Waals surface area contributed by atoms with Gasteiger partial charge >= 0.3 is 0 Å². The Morgan fingerprint density at radius 1 is 0.970 bits per heavy atom. The minimum Gasteiger partial charge on any atom is -0.352 e. The van der Waals surface area contributed by atoms with Crippen LogP contribution in [-0.4, -0.2) is 31.2 Å². The molecule has 1 atom stereocenters.